The zero-order valence-electron chi connectivity index (χ0n) is 14.6. The summed E-state index contributed by atoms with van der Waals surface area (Å²) in [6, 6.07) is 10.8. The van der Waals surface area contributed by atoms with Gasteiger partial charge in [-0.2, -0.15) is 0 Å². The monoisotopic (exact) mass is 304 g/mol. The average molecular weight is 304 g/mol. The first kappa shape index (κ1) is 16.8. The number of hydrogen-bond acceptors (Lipinski definition) is 2. The van der Waals surface area contributed by atoms with Crippen LogP contribution in [0, 0.1) is 0 Å². The highest BCUT2D eigenvalue weighted by atomic mass is 28.3. The van der Waals surface area contributed by atoms with Crippen LogP contribution in [-0.4, -0.2) is 26.4 Å². The predicted octanol–water partition coefficient (Wildman–Crippen LogP) is 4.74. The third kappa shape index (κ3) is 3.61. The Balaban J connectivity index is 2.19. The van der Waals surface area contributed by atoms with Crippen molar-refractivity contribution >= 4 is 15.2 Å². The molecule has 0 aromatic heterocycles. The molecular formula is C17H29BO2Si. The van der Waals surface area contributed by atoms with Gasteiger partial charge in [-0.05, 0) is 45.1 Å². The lowest BCUT2D eigenvalue weighted by atomic mass is 9.81. The molecule has 0 aliphatic carbocycles. The Kier molecular flexibility index (Phi) is 4.45. The highest BCUT2D eigenvalue weighted by Gasteiger charge is 2.52. The minimum absolute atomic E-state index is 0.105. The second kappa shape index (κ2) is 5.56. The number of hydrogen-bond donors (Lipinski definition) is 0. The lowest BCUT2D eigenvalue weighted by Gasteiger charge is -2.32. The summed E-state index contributed by atoms with van der Waals surface area (Å²) in [5, 5.41) is 0. The largest absolute Gasteiger partial charge is 0.458 e. The molecule has 4 heteroatoms. The van der Waals surface area contributed by atoms with E-state index in [9.17, 15) is 0 Å². The molecular weight excluding hydrogens is 275 g/mol. The molecule has 0 N–H and O–H groups in total. The average Bonchev–Trinajstić information content (AvgIpc) is 2.54. The van der Waals surface area contributed by atoms with Gasteiger partial charge >= 0.3 is 7.12 Å². The molecule has 1 aliphatic heterocycles. The number of rotatable bonds is 4. The Morgan fingerprint density at radius 2 is 1.43 bits per heavy atom. The molecule has 0 radical (unpaired) electrons. The fourth-order valence-corrected chi connectivity index (χ4v) is 5.02. The maximum absolute atomic E-state index is 6.21. The Morgan fingerprint density at radius 3 is 1.86 bits per heavy atom. The van der Waals surface area contributed by atoms with E-state index in [4.69, 9.17) is 9.31 Å². The molecule has 1 fully saturated rings. The summed E-state index contributed by atoms with van der Waals surface area (Å²) < 4.78 is 12.4. The fourth-order valence-electron chi connectivity index (χ4n) is 2.93. The van der Waals surface area contributed by atoms with E-state index in [2.05, 4.69) is 77.7 Å². The molecule has 1 aliphatic rings. The van der Waals surface area contributed by atoms with E-state index in [1.807, 2.05) is 0 Å². The first-order valence-electron chi connectivity index (χ1n) is 7.93. The third-order valence-electron chi connectivity index (χ3n) is 4.98. The molecule has 116 valence electrons. The summed E-state index contributed by atoms with van der Waals surface area (Å²) >= 11 is 0. The molecule has 1 aromatic carbocycles. The van der Waals surface area contributed by atoms with Crippen molar-refractivity contribution in [3.8, 4) is 0 Å². The van der Waals surface area contributed by atoms with Crippen LogP contribution in [0.15, 0.2) is 30.3 Å². The minimum atomic E-state index is -1.35. The van der Waals surface area contributed by atoms with Crippen LogP contribution in [0.5, 0.6) is 0 Å². The molecule has 0 bridgehead atoms. The molecule has 2 rings (SSSR count). The number of benzene rings is 1. The van der Waals surface area contributed by atoms with Gasteiger partial charge in [0, 0.05) is 0 Å². The van der Waals surface area contributed by atoms with E-state index < -0.39 is 8.07 Å². The summed E-state index contributed by atoms with van der Waals surface area (Å²) in [7, 11) is -1.45. The van der Waals surface area contributed by atoms with E-state index in [-0.39, 0.29) is 18.3 Å². The van der Waals surface area contributed by atoms with Gasteiger partial charge < -0.3 is 9.31 Å². The molecule has 1 unspecified atom stereocenters. The summed E-state index contributed by atoms with van der Waals surface area (Å²) in [6.45, 7) is 15.8. The van der Waals surface area contributed by atoms with Crippen molar-refractivity contribution in [3.63, 3.8) is 0 Å². The summed E-state index contributed by atoms with van der Waals surface area (Å²) in [4.78, 5) is 0. The highest BCUT2D eigenvalue weighted by molar-refractivity contribution is 6.78. The van der Waals surface area contributed by atoms with E-state index in [1.165, 1.54) is 5.56 Å². The zero-order chi connectivity index (χ0) is 15.9. The van der Waals surface area contributed by atoms with E-state index in [0.29, 0.717) is 5.54 Å². The summed E-state index contributed by atoms with van der Waals surface area (Å²) in [6.07, 6.45) is 0.951. The zero-order valence-corrected chi connectivity index (χ0v) is 15.6. The molecule has 0 saturated carbocycles. The van der Waals surface area contributed by atoms with Gasteiger partial charge in [0.2, 0.25) is 0 Å². The van der Waals surface area contributed by atoms with Crippen molar-refractivity contribution in [1.82, 2.24) is 0 Å². The molecule has 21 heavy (non-hydrogen) atoms. The molecule has 1 heterocycles. The van der Waals surface area contributed by atoms with Crippen LogP contribution >= 0.6 is 0 Å². The van der Waals surface area contributed by atoms with Crippen LogP contribution in [0.1, 0.15) is 38.8 Å². The van der Waals surface area contributed by atoms with Crippen LogP contribution in [0.25, 0.3) is 0 Å². The first-order valence-corrected chi connectivity index (χ1v) is 11.5. The summed E-state index contributed by atoms with van der Waals surface area (Å²) in [5.74, 6) is 0. The minimum Gasteiger partial charge on any atom is -0.403 e. The molecule has 1 saturated heterocycles. The van der Waals surface area contributed by atoms with Crippen LogP contribution in [-0.2, 0) is 9.31 Å². The van der Waals surface area contributed by atoms with Gasteiger partial charge in [0.05, 0.1) is 19.3 Å². The maximum Gasteiger partial charge on any atom is 0.458 e. The molecule has 1 atom stereocenters. The lowest BCUT2D eigenvalue weighted by molar-refractivity contribution is 0.00578. The second-order valence-corrected chi connectivity index (χ2v) is 13.7. The van der Waals surface area contributed by atoms with Gasteiger partial charge in [0.25, 0.3) is 0 Å². The smallest absolute Gasteiger partial charge is 0.403 e. The van der Waals surface area contributed by atoms with Crippen molar-refractivity contribution < 1.29 is 9.31 Å². The van der Waals surface area contributed by atoms with Crippen molar-refractivity contribution in [2.45, 2.75) is 70.4 Å². The van der Waals surface area contributed by atoms with Crippen molar-refractivity contribution in [3.05, 3.63) is 35.9 Å². The molecule has 0 spiro atoms. The standard InChI is InChI=1S/C17H29BO2Si/c1-16(2)17(3,4)20-18(19-16)13-15(21(5,6)7)14-11-9-8-10-12-14/h8-12,15H,13H2,1-7H3. The first-order chi connectivity index (χ1) is 9.53. The molecule has 2 nitrogen and oxygen atoms in total. The lowest BCUT2D eigenvalue weighted by Crippen LogP contribution is -2.41. The van der Waals surface area contributed by atoms with E-state index in [0.717, 1.165) is 6.32 Å². The van der Waals surface area contributed by atoms with Gasteiger partial charge in [-0.3, -0.25) is 0 Å². The third-order valence-corrected chi connectivity index (χ3v) is 7.64. The van der Waals surface area contributed by atoms with Gasteiger partial charge in [-0.25, -0.2) is 0 Å². The second-order valence-electron chi connectivity index (χ2n) is 8.25. The SMILES string of the molecule is CC1(C)OB(CC(c2ccccc2)[Si](C)(C)C)OC1(C)C. The normalized spacial score (nSPS) is 22.3. The Labute approximate surface area is 131 Å². The van der Waals surface area contributed by atoms with E-state index >= 15 is 0 Å². The Hall–Kier alpha value is -0.578. The van der Waals surface area contributed by atoms with Crippen molar-refractivity contribution in [2.24, 2.45) is 0 Å². The van der Waals surface area contributed by atoms with Crippen molar-refractivity contribution in [1.29, 1.82) is 0 Å². The van der Waals surface area contributed by atoms with Gasteiger partial charge in [0.15, 0.2) is 0 Å². The van der Waals surface area contributed by atoms with Crippen LogP contribution in [0.4, 0.5) is 0 Å². The van der Waals surface area contributed by atoms with Crippen LogP contribution in [0.3, 0.4) is 0 Å². The molecule has 0 amide bonds. The van der Waals surface area contributed by atoms with Gasteiger partial charge in [-0.1, -0.05) is 50.0 Å². The Bertz CT molecular complexity index is 463. The maximum atomic E-state index is 6.21. The van der Waals surface area contributed by atoms with Crippen LogP contribution < -0.4 is 0 Å². The Morgan fingerprint density at radius 1 is 0.952 bits per heavy atom. The fraction of sp³-hybridized carbons (Fsp3) is 0.647. The topological polar surface area (TPSA) is 18.5 Å². The van der Waals surface area contributed by atoms with Gasteiger partial charge in [0.1, 0.15) is 0 Å². The van der Waals surface area contributed by atoms with Crippen LogP contribution in [0.2, 0.25) is 26.0 Å². The van der Waals surface area contributed by atoms with Crippen molar-refractivity contribution in [2.75, 3.05) is 0 Å². The van der Waals surface area contributed by atoms with E-state index in [1.54, 1.807) is 0 Å². The summed E-state index contributed by atoms with van der Waals surface area (Å²) in [5.41, 5.74) is 1.50. The quantitative estimate of drug-likeness (QED) is 0.748. The predicted molar refractivity (Wildman–Crippen MR) is 93.4 cm³/mol. The van der Waals surface area contributed by atoms with Gasteiger partial charge in [-0.15, -0.1) is 0 Å². The molecule has 1 aromatic rings. The highest BCUT2D eigenvalue weighted by Crippen LogP contribution is 2.41.